The molecule has 0 saturated carbocycles. The first-order valence-electron chi connectivity index (χ1n) is 6.90. The van der Waals surface area contributed by atoms with Crippen LogP contribution in [0.4, 0.5) is 0 Å². The number of halogens is 1. The van der Waals surface area contributed by atoms with E-state index in [2.05, 4.69) is 24.2 Å². The summed E-state index contributed by atoms with van der Waals surface area (Å²) in [4.78, 5) is 3.82. The molecular weight excluding hydrogens is 268 g/mol. The maximum atomic E-state index is 8.52. The average molecular weight is 295 g/mol. The van der Waals surface area contributed by atoms with Gasteiger partial charge in [0.05, 0.1) is 45.8 Å². The largest absolute Gasteiger partial charge is 1.00 e. The number of aliphatic hydroxyl groups is 1. The molecule has 1 heterocycles. The van der Waals surface area contributed by atoms with Gasteiger partial charge in [-0.1, -0.05) is 13.3 Å². The molecule has 0 radical (unpaired) electrons. The molecule has 0 aromatic heterocycles. The average Bonchev–Trinajstić information content (AvgIpc) is 2.83. The lowest BCUT2D eigenvalue weighted by atomic mass is 10.3. The summed E-state index contributed by atoms with van der Waals surface area (Å²) in [6, 6.07) is 0. The molecule has 6 heteroatoms. The minimum atomic E-state index is 0. The summed E-state index contributed by atoms with van der Waals surface area (Å²) >= 11 is 0. The summed E-state index contributed by atoms with van der Waals surface area (Å²) in [7, 11) is 0. The van der Waals surface area contributed by atoms with Gasteiger partial charge in [-0.3, -0.25) is 4.90 Å². The molecule has 0 saturated heterocycles. The summed E-state index contributed by atoms with van der Waals surface area (Å²) in [5.41, 5.74) is 0. The van der Waals surface area contributed by atoms with Gasteiger partial charge in [0, 0.05) is 6.54 Å². The highest BCUT2D eigenvalue weighted by Gasteiger charge is 2.15. The first-order chi connectivity index (χ1) is 8.86. The summed E-state index contributed by atoms with van der Waals surface area (Å²) in [6.07, 6.45) is 6.94. The zero-order valence-electron chi connectivity index (χ0n) is 11.8. The maximum absolute atomic E-state index is 8.52. The van der Waals surface area contributed by atoms with Gasteiger partial charge < -0.3 is 31.9 Å². The van der Waals surface area contributed by atoms with E-state index < -0.39 is 0 Å². The van der Waals surface area contributed by atoms with Gasteiger partial charge in [-0.2, -0.15) is 0 Å². The monoisotopic (exact) mass is 294 g/mol. The van der Waals surface area contributed by atoms with Crippen LogP contribution in [0.25, 0.3) is 0 Å². The molecule has 0 spiro atoms. The van der Waals surface area contributed by atoms with Crippen LogP contribution in [0.15, 0.2) is 12.4 Å². The van der Waals surface area contributed by atoms with Gasteiger partial charge in [0.15, 0.2) is 6.67 Å². The van der Waals surface area contributed by atoms with E-state index in [-0.39, 0.29) is 19.0 Å². The van der Waals surface area contributed by atoms with Crippen molar-refractivity contribution in [2.24, 2.45) is 0 Å². The van der Waals surface area contributed by atoms with Gasteiger partial charge in [0.2, 0.25) is 0 Å². The second-order valence-corrected chi connectivity index (χ2v) is 4.50. The van der Waals surface area contributed by atoms with Crippen LogP contribution in [0, 0.1) is 0 Å². The Labute approximate surface area is 122 Å². The lowest BCUT2D eigenvalue weighted by Crippen LogP contribution is -3.07. The third kappa shape index (κ3) is 9.24. The molecule has 1 aliphatic rings. The molecule has 19 heavy (non-hydrogen) atoms. The van der Waals surface area contributed by atoms with Crippen molar-refractivity contribution in [3.63, 3.8) is 0 Å². The molecule has 0 aromatic carbocycles. The standard InChI is InChI=1S/C13H26N2O3.ClH/c1-2-3-4-14-5-6-15(13-14)7-9-17-11-12-18-10-8-16;/h5-6,16H,2-4,7-13H2,1H3;1H. The highest BCUT2D eigenvalue weighted by atomic mass is 35.5. The Balaban J connectivity index is 0.00000324. The lowest BCUT2D eigenvalue weighted by Gasteiger charge is -2.16. The van der Waals surface area contributed by atoms with Crippen molar-refractivity contribution in [1.82, 2.24) is 4.90 Å². The quantitative estimate of drug-likeness (QED) is 0.387. The summed E-state index contributed by atoms with van der Waals surface area (Å²) in [5, 5.41) is 8.52. The Morgan fingerprint density at radius 3 is 2.63 bits per heavy atom. The van der Waals surface area contributed by atoms with Gasteiger partial charge in [-0.25, -0.2) is 0 Å². The van der Waals surface area contributed by atoms with Crippen LogP contribution < -0.4 is 17.3 Å². The summed E-state index contributed by atoms with van der Waals surface area (Å²) in [6.45, 7) is 7.81. The molecule has 0 bridgehead atoms. The second kappa shape index (κ2) is 12.7. The van der Waals surface area contributed by atoms with Crippen molar-refractivity contribution in [1.29, 1.82) is 0 Å². The maximum Gasteiger partial charge on any atom is 0.157 e. The predicted molar refractivity (Wildman–Crippen MR) is 70.2 cm³/mol. The number of hydrogen-bond donors (Lipinski definition) is 2. The number of quaternary nitrogens is 1. The minimum absolute atomic E-state index is 0. The number of hydrogen-bond acceptors (Lipinski definition) is 4. The van der Waals surface area contributed by atoms with Gasteiger partial charge in [0.25, 0.3) is 0 Å². The zero-order chi connectivity index (χ0) is 13.1. The van der Waals surface area contributed by atoms with E-state index in [1.54, 1.807) is 0 Å². The Morgan fingerprint density at radius 2 is 1.95 bits per heavy atom. The fourth-order valence-corrected chi connectivity index (χ4v) is 1.87. The fourth-order valence-electron chi connectivity index (χ4n) is 1.87. The molecule has 0 fully saturated rings. The van der Waals surface area contributed by atoms with Crippen LogP contribution >= 0.6 is 0 Å². The van der Waals surface area contributed by atoms with Crippen molar-refractivity contribution >= 4 is 0 Å². The van der Waals surface area contributed by atoms with E-state index in [0.29, 0.717) is 19.8 Å². The molecule has 2 N–H and O–H groups in total. The first-order valence-corrected chi connectivity index (χ1v) is 6.90. The Hall–Kier alpha value is -0.330. The van der Waals surface area contributed by atoms with Crippen molar-refractivity contribution in [3.8, 4) is 0 Å². The van der Waals surface area contributed by atoms with E-state index in [0.717, 1.165) is 19.8 Å². The van der Waals surface area contributed by atoms with E-state index >= 15 is 0 Å². The number of rotatable bonds is 11. The third-order valence-electron chi connectivity index (χ3n) is 2.91. The Bertz CT molecular complexity index is 230. The predicted octanol–water partition coefficient (Wildman–Crippen LogP) is -3.55. The number of nitrogens with one attached hydrogen (secondary N) is 1. The van der Waals surface area contributed by atoms with Gasteiger partial charge in [-0.05, 0) is 6.42 Å². The molecule has 0 aliphatic carbocycles. The van der Waals surface area contributed by atoms with Crippen LogP contribution in [-0.2, 0) is 9.47 Å². The molecular formula is C13H27ClN2O3. The SMILES string of the molecule is CCCC[NH+]1C=CN(CCOCCOCCO)C1.[Cl-]. The lowest BCUT2D eigenvalue weighted by molar-refractivity contribution is -0.849. The fraction of sp³-hybridized carbons (Fsp3) is 0.846. The summed E-state index contributed by atoms with van der Waals surface area (Å²) in [5.74, 6) is 0. The van der Waals surface area contributed by atoms with Crippen LogP contribution in [0.5, 0.6) is 0 Å². The number of nitrogens with zero attached hydrogens (tertiary/aromatic N) is 1. The van der Waals surface area contributed by atoms with Crippen molar-refractivity contribution in [2.45, 2.75) is 19.8 Å². The Morgan fingerprint density at radius 1 is 1.21 bits per heavy atom. The third-order valence-corrected chi connectivity index (χ3v) is 2.91. The molecule has 1 aliphatic heterocycles. The van der Waals surface area contributed by atoms with E-state index in [4.69, 9.17) is 14.6 Å². The summed E-state index contributed by atoms with van der Waals surface area (Å²) < 4.78 is 10.6. The Kier molecular flexibility index (Phi) is 12.5. The van der Waals surface area contributed by atoms with Crippen molar-refractivity contribution < 1.29 is 31.9 Å². The molecule has 114 valence electrons. The highest BCUT2D eigenvalue weighted by Crippen LogP contribution is 1.92. The van der Waals surface area contributed by atoms with Crippen LogP contribution in [0.3, 0.4) is 0 Å². The molecule has 1 rings (SSSR count). The second-order valence-electron chi connectivity index (χ2n) is 4.50. The van der Waals surface area contributed by atoms with Gasteiger partial charge in [-0.15, -0.1) is 0 Å². The van der Waals surface area contributed by atoms with E-state index in [9.17, 15) is 0 Å². The number of aliphatic hydroxyl groups excluding tert-OH is 1. The molecule has 0 amide bonds. The first kappa shape index (κ1) is 18.7. The normalized spacial score (nSPS) is 17.8. The van der Waals surface area contributed by atoms with Crippen LogP contribution in [0.1, 0.15) is 19.8 Å². The van der Waals surface area contributed by atoms with Crippen molar-refractivity contribution in [3.05, 3.63) is 12.4 Å². The molecule has 1 atom stereocenters. The zero-order valence-corrected chi connectivity index (χ0v) is 12.6. The van der Waals surface area contributed by atoms with Gasteiger partial charge >= 0.3 is 0 Å². The topological polar surface area (TPSA) is 46.4 Å². The highest BCUT2D eigenvalue weighted by molar-refractivity contribution is 4.77. The number of ether oxygens (including phenoxy) is 2. The molecule has 0 aromatic rings. The van der Waals surface area contributed by atoms with Crippen LogP contribution in [-0.4, -0.2) is 62.8 Å². The number of unbranched alkanes of at least 4 members (excludes halogenated alkanes) is 1. The van der Waals surface area contributed by atoms with Crippen LogP contribution in [0.2, 0.25) is 0 Å². The smallest absolute Gasteiger partial charge is 0.157 e. The minimum Gasteiger partial charge on any atom is -1.00 e. The molecule has 5 nitrogen and oxygen atoms in total. The van der Waals surface area contributed by atoms with Crippen molar-refractivity contribution in [2.75, 3.05) is 52.8 Å². The van der Waals surface area contributed by atoms with E-state index in [1.807, 2.05) is 0 Å². The van der Waals surface area contributed by atoms with E-state index in [1.165, 1.54) is 24.3 Å². The molecule has 1 unspecified atom stereocenters. The van der Waals surface area contributed by atoms with Gasteiger partial charge in [0.1, 0.15) is 6.20 Å².